The summed E-state index contributed by atoms with van der Waals surface area (Å²) in [4.78, 5) is 46.3. The molecule has 0 spiro atoms. The molecule has 11 nitrogen and oxygen atoms in total. The maximum absolute atomic E-state index is 14.6. The van der Waals surface area contributed by atoms with Crippen molar-refractivity contribution in [1.29, 1.82) is 0 Å². The molecule has 2 saturated heterocycles. The van der Waals surface area contributed by atoms with Crippen molar-refractivity contribution in [2.45, 2.75) is 102 Å². The maximum atomic E-state index is 14.6. The first kappa shape index (κ1) is 39.1. The molecule has 3 atom stereocenters. The van der Waals surface area contributed by atoms with Crippen LogP contribution < -0.4 is 14.7 Å². The highest BCUT2D eigenvalue weighted by molar-refractivity contribution is 6.08. The van der Waals surface area contributed by atoms with Crippen LogP contribution in [0.5, 0.6) is 0 Å². The van der Waals surface area contributed by atoms with Crippen molar-refractivity contribution < 1.29 is 24.6 Å². The summed E-state index contributed by atoms with van der Waals surface area (Å²) in [5.41, 5.74) is 3.24. The van der Waals surface area contributed by atoms with Crippen LogP contribution in [0, 0.1) is 5.92 Å². The summed E-state index contributed by atoms with van der Waals surface area (Å²) in [6, 6.07) is 23.2. The molecule has 1 unspecified atom stereocenters. The fourth-order valence-electron chi connectivity index (χ4n) is 8.41. The molecule has 3 aromatic carbocycles. The third-order valence-corrected chi connectivity index (χ3v) is 11.7. The summed E-state index contributed by atoms with van der Waals surface area (Å²) < 4.78 is 1.74. The van der Waals surface area contributed by atoms with Crippen molar-refractivity contribution in [1.82, 2.24) is 15.0 Å². The van der Waals surface area contributed by atoms with Gasteiger partial charge in [-0.15, -0.1) is 5.10 Å². The van der Waals surface area contributed by atoms with E-state index in [0.29, 0.717) is 61.5 Å². The van der Waals surface area contributed by atoms with Gasteiger partial charge in [-0.2, -0.15) is 0 Å². The molecule has 7 rings (SSSR count). The van der Waals surface area contributed by atoms with Gasteiger partial charge < -0.3 is 24.9 Å². The van der Waals surface area contributed by atoms with Crippen LogP contribution >= 0.6 is 0 Å². The lowest BCUT2D eigenvalue weighted by Crippen LogP contribution is -2.44. The van der Waals surface area contributed by atoms with Crippen LogP contribution in [0.4, 0.5) is 17.1 Å². The van der Waals surface area contributed by atoms with E-state index in [9.17, 15) is 24.6 Å². The molecule has 1 aromatic heterocycles. The number of carbonyl (C=O) groups excluding carboxylic acids is 3. The van der Waals surface area contributed by atoms with Gasteiger partial charge in [-0.3, -0.25) is 19.1 Å². The first-order chi connectivity index (χ1) is 27.3. The molecule has 3 aliphatic rings. The van der Waals surface area contributed by atoms with E-state index in [2.05, 4.69) is 10.3 Å². The van der Waals surface area contributed by atoms with Gasteiger partial charge in [0.05, 0.1) is 30.5 Å². The van der Waals surface area contributed by atoms with E-state index in [1.54, 1.807) is 9.58 Å². The van der Waals surface area contributed by atoms with Gasteiger partial charge in [0, 0.05) is 61.5 Å². The summed E-state index contributed by atoms with van der Waals surface area (Å²) in [5.74, 6) is -1.12. The highest BCUT2D eigenvalue weighted by Crippen LogP contribution is 2.47. The molecule has 2 N–H and O–H groups in total. The average Bonchev–Trinajstić information content (AvgIpc) is 3.74. The normalized spacial score (nSPS) is 20.8. The van der Waals surface area contributed by atoms with Crippen molar-refractivity contribution in [3.8, 4) is 0 Å². The number of amides is 3. The van der Waals surface area contributed by atoms with Crippen LogP contribution in [-0.2, 0) is 33.1 Å². The maximum Gasteiger partial charge on any atom is 0.264 e. The molecule has 3 amide bonds. The lowest BCUT2D eigenvalue weighted by molar-refractivity contribution is -0.139. The number of fused-ring (bicyclic) bond motifs is 1. The minimum atomic E-state index is -1.88. The number of aliphatic hydroxyl groups is 2. The standard InChI is InChI=1S/C45H54N6O5/c1-33(16-11-14-25-48-31-40(46-47-48)38(32-52)35-18-7-6-8-19-35)45(56)39-29-37(50-27-13-5-3-10-22-43(50)54)23-24-41(39)51(44(45)55)30-34-17-15-20-36(28-34)49-26-12-4-2-9-21-42(49)53/h6-8,11,15-20,23-24,28-29,31,33,38,52,56H,2-5,9-10,12-14,21-22,25-27,30,32H2,1H3/b16-11+/t33-,38?,45+/m1/s1. The number of benzene rings is 3. The quantitative estimate of drug-likeness (QED) is 0.149. The lowest BCUT2D eigenvalue weighted by atomic mass is 9.82. The summed E-state index contributed by atoms with van der Waals surface area (Å²) in [6.07, 6.45) is 15.1. The third kappa shape index (κ3) is 8.34. The molecule has 0 aliphatic carbocycles. The van der Waals surface area contributed by atoms with E-state index in [4.69, 9.17) is 0 Å². The fraction of sp³-hybridized carbons (Fsp3) is 0.444. The Kier molecular flexibility index (Phi) is 12.4. The summed E-state index contributed by atoms with van der Waals surface area (Å²) in [5, 5.41) is 31.3. The van der Waals surface area contributed by atoms with Gasteiger partial charge in [-0.05, 0) is 73.6 Å². The van der Waals surface area contributed by atoms with Crippen LogP contribution in [0.25, 0.3) is 0 Å². The predicted molar refractivity (Wildman–Crippen MR) is 217 cm³/mol. The first-order valence-electron chi connectivity index (χ1n) is 20.4. The molecule has 2 fully saturated rings. The minimum Gasteiger partial charge on any atom is -0.395 e. The Bertz CT molecular complexity index is 2030. The zero-order valence-electron chi connectivity index (χ0n) is 32.4. The zero-order chi connectivity index (χ0) is 39.1. The van der Waals surface area contributed by atoms with Crippen molar-refractivity contribution in [2.24, 2.45) is 5.92 Å². The molecule has 4 aromatic rings. The Hall–Kier alpha value is -5.13. The fourth-order valence-corrected chi connectivity index (χ4v) is 8.41. The van der Waals surface area contributed by atoms with E-state index in [-0.39, 0.29) is 30.9 Å². The number of rotatable bonds is 12. The van der Waals surface area contributed by atoms with Gasteiger partial charge in [-0.25, -0.2) is 0 Å². The van der Waals surface area contributed by atoms with Gasteiger partial charge >= 0.3 is 0 Å². The van der Waals surface area contributed by atoms with Crippen LogP contribution in [-0.4, -0.2) is 62.6 Å². The Balaban J connectivity index is 1.13. The number of aromatic nitrogens is 3. The van der Waals surface area contributed by atoms with Crippen molar-refractivity contribution in [2.75, 3.05) is 34.4 Å². The number of anilines is 3. The van der Waals surface area contributed by atoms with Gasteiger partial charge in [0.1, 0.15) is 0 Å². The second-order valence-corrected chi connectivity index (χ2v) is 15.5. The van der Waals surface area contributed by atoms with E-state index in [1.165, 1.54) is 0 Å². The number of aryl methyl sites for hydroxylation is 1. The number of hydrogen-bond donors (Lipinski definition) is 2. The van der Waals surface area contributed by atoms with Crippen molar-refractivity contribution >= 4 is 34.8 Å². The second-order valence-electron chi connectivity index (χ2n) is 15.5. The second kappa shape index (κ2) is 17.8. The molecule has 0 saturated carbocycles. The molecular weight excluding hydrogens is 705 g/mol. The van der Waals surface area contributed by atoms with Gasteiger partial charge in [0.25, 0.3) is 5.91 Å². The Morgan fingerprint density at radius 3 is 2.18 bits per heavy atom. The SMILES string of the molecule is C[C@H](/C=C/CCn1cc(C(CO)c2ccccc2)nn1)[C@@]1(O)C(=O)N(Cc2cccc(N3CCCCCCC3=O)c2)c2ccc(N3CCCCCCC3=O)cc21. The summed E-state index contributed by atoms with van der Waals surface area (Å²) in [6.45, 7) is 3.78. The van der Waals surface area contributed by atoms with Crippen LogP contribution in [0.3, 0.4) is 0 Å². The molecule has 0 radical (unpaired) electrons. The molecular formula is C45H54N6O5. The average molecular weight is 759 g/mol. The monoisotopic (exact) mass is 758 g/mol. The van der Waals surface area contributed by atoms with E-state index in [0.717, 1.165) is 68.2 Å². The van der Waals surface area contributed by atoms with Gasteiger partial charge in [0.2, 0.25) is 11.8 Å². The summed E-state index contributed by atoms with van der Waals surface area (Å²) >= 11 is 0. The Labute approximate surface area is 329 Å². The molecule has 11 heteroatoms. The van der Waals surface area contributed by atoms with Gasteiger partial charge in [-0.1, -0.05) is 92.4 Å². The Morgan fingerprint density at radius 1 is 0.804 bits per heavy atom. The molecule has 0 bridgehead atoms. The zero-order valence-corrected chi connectivity index (χ0v) is 32.4. The van der Waals surface area contributed by atoms with E-state index < -0.39 is 17.4 Å². The minimum absolute atomic E-state index is 0.0586. The topological polar surface area (TPSA) is 132 Å². The molecule has 3 aliphatic heterocycles. The number of nitrogens with zero attached hydrogens (tertiary/aromatic N) is 6. The van der Waals surface area contributed by atoms with E-state index >= 15 is 0 Å². The number of aliphatic hydroxyl groups excluding tert-OH is 1. The predicted octanol–water partition coefficient (Wildman–Crippen LogP) is 7.01. The summed E-state index contributed by atoms with van der Waals surface area (Å²) in [7, 11) is 0. The molecule has 56 heavy (non-hydrogen) atoms. The number of hydrogen-bond acceptors (Lipinski definition) is 7. The highest BCUT2D eigenvalue weighted by Gasteiger charge is 2.52. The number of carbonyl (C=O) groups is 3. The highest BCUT2D eigenvalue weighted by atomic mass is 16.3. The smallest absolute Gasteiger partial charge is 0.264 e. The van der Waals surface area contributed by atoms with E-state index in [1.807, 2.05) is 108 Å². The van der Waals surface area contributed by atoms with Gasteiger partial charge in [0.15, 0.2) is 5.60 Å². The molecule has 4 heterocycles. The lowest BCUT2D eigenvalue weighted by Gasteiger charge is -2.29. The number of allylic oxidation sites excluding steroid dienone is 1. The largest absolute Gasteiger partial charge is 0.395 e. The first-order valence-corrected chi connectivity index (χ1v) is 20.4. The van der Waals surface area contributed by atoms with Crippen LogP contribution in [0.2, 0.25) is 0 Å². The molecule has 294 valence electrons. The van der Waals surface area contributed by atoms with Crippen LogP contribution in [0.15, 0.2) is 91.1 Å². The van der Waals surface area contributed by atoms with Crippen molar-refractivity contribution in [3.05, 3.63) is 114 Å². The third-order valence-electron chi connectivity index (χ3n) is 11.7. The van der Waals surface area contributed by atoms with Crippen LogP contribution in [0.1, 0.15) is 106 Å². The Morgan fingerprint density at radius 2 is 1.48 bits per heavy atom. The van der Waals surface area contributed by atoms with Crippen molar-refractivity contribution in [3.63, 3.8) is 0 Å².